The molecule has 21 heavy (non-hydrogen) atoms. The van der Waals surface area contributed by atoms with Gasteiger partial charge in [-0.1, -0.05) is 0 Å². The van der Waals surface area contributed by atoms with Gasteiger partial charge in [0.25, 0.3) is 5.91 Å². The van der Waals surface area contributed by atoms with Crippen molar-refractivity contribution < 1.29 is 22.4 Å². The molecule has 112 valence electrons. The SMILES string of the molecule is O=C(NCCNc1ncccc1C(F)(F)F)c1ccco1. The summed E-state index contributed by atoms with van der Waals surface area (Å²) < 4.78 is 43.0. The van der Waals surface area contributed by atoms with Gasteiger partial charge in [-0.15, -0.1) is 0 Å². The summed E-state index contributed by atoms with van der Waals surface area (Å²) >= 11 is 0. The van der Waals surface area contributed by atoms with Crippen molar-refractivity contribution in [3.05, 3.63) is 48.0 Å². The summed E-state index contributed by atoms with van der Waals surface area (Å²) in [6, 6.07) is 5.21. The van der Waals surface area contributed by atoms with Crippen molar-refractivity contribution in [2.75, 3.05) is 18.4 Å². The summed E-state index contributed by atoms with van der Waals surface area (Å²) in [5, 5.41) is 5.05. The van der Waals surface area contributed by atoms with E-state index in [1.165, 1.54) is 24.6 Å². The molecule has 0 aliphatic heterocycles. The number of furan rings is 1. The zero-order chi connectivity index (χ0) is 15.3. The lowest BCUT2D eigenvalue weighted by Crippen LogP contribution is -2.29. The number of nitrogens with one attached hydrogen (secondary N) is 2. The van der Waals surface area contributed by atoms with E-state index in [9.17, 15) is 18.0 Å². The first-order valence-electron chi connectivity index (χ1n) is 6.06. The van der Waals surface area contributed by atoms with Crippen LogP contribution in [-0.2, 0) is 6.18 Å². The number of nitrogens with zero attached hydrogens (tertiary/aromatic N) is 1. The minimum Gasteiger partial charge on any atom is -0.459 e. The summed E-state index contributed by atoms with van der Waals surface area (Å²) in [4.78, 5) is 15.2. The second-order valence-corrected chi connectivity index (χ2v) is 4.06. The fourth-order valence-corrected chi connectivity index (χ4v) is 1.63. The molecular weight excluding hydrogens is 287 g/mol. The first kappa shape index (κ1) is 14.9. The van der Waals surface area contributed by atoms with Gasteiger partial charge in [-0.2, -0.15) is 13.2 Å². The quantitative estimate of drug-likeness (QED) is 0.833. The molecule has 0 bridgehead atoms. The minimum atomic E-state index is -4.48. The molecular formula is C13H12F3N3O2. The maximum Gasteiger partial charge on any atom is 0.419 e. The highest BCUT2D eigenvalue weighted by molar-refractivity contribution is 5.91. The molecule has 0 fully saturated rings. The Bertz CT molecular complexity index is 597. The summed E-state index contributed by atoms with van der Waals surface area (Å²) in [5.74, 6) is -0.556. The van der Waals surface area contributed by atoms with E-state index in [1.54, 1.807) is 6.07 Å². The number of rotatable bonds is 5. The van der Waals surface area contributed by atoms with Crippen LogP contribution < -0.4 is 10.6 Å². The molecule has 0 aliphatic carbocycles. The maximum atomic E-state index is 12.7. The van der Waals surface area contributed by atoms with Gasteiger partial charge < -0.3 is 15.1 Å². The number of carbonyl (C=O) groups excluding carboxylic acids is 1. The third kappa shape index (κ3) is 3.98. The number of anilines is 1. The topological polar surface area (TPSA) is 67.2 Å². The second kappa shape index (κ2) is 6.29. The number of carbonyl (C=O) groups is 1. The van der Waals surface area contributed by atoms with E-state index in [2.05, 4.69) is 15.6 Å². The molecule has 0 saturated carbocycles. The Morgan fingerprint density at radius 1 is 1.24 bits per heavy atom. The van der Waals surface area contributed by atoms with Gasteiger partial charge in [-0.25, -0.2) is 4.98 Å². The number of amides is 1. The lowest BCUT2D eigenvalue weighted by Gasteiger charge is -2.13. The third-order valence-electron chi connectivity index (χ3n) is 2.56. The normalized spacial score (nSPS) is 11.2. The Balaban J connectivity index is 1.86. The van der Waals surface area contributed by atoms with Crippen LogP contribution in [0.4, 0.5) is 19.0 Å². The van der Waals surface area contributed by atoms with E-state index in [1.807, 2.05) is 0 Å². The molecule has 0 aromatic carbocycles. The lowest BCUT2D eigenvalue weighted by atomic mass is 10.2. The number of aromatic nitrogens is 1. The van der Waals surface area contributed by atoms with Gasteiger partial charge in [0.05, 0.1) is 11.8 Å². The van der Waals surface area contributed by atoms with Crippen molar-refractivity contribution >= 4 is 11.7 Å². The molecule has 2 aromatic heterocycles. The molecule has 2 aromatic rings. The van der Waals surface area contributed by atoms with Gasteiger partial charge >= 0.3 is 6.18 Å². The molecule has 0 atom stereocenters. The highest BCUT2D eigenvalue weighted by Crippen LogP contribution is 2.33. The Labute approximate surface area is 118 Å². The average Bonchev–Trinajstić information content (AvgIpc) is 2.97. The molecule has 0 unspecified atom stereocenters. The van der Waals surface area contributed by atoms with Gasteiger partial charge in [0.15, 0.2) is 5.76 Å². The predicted octanol–water partition coefficient (Wildman–Crippen LogP) is 2.54. The van der Waals surface area contributed by atoms with Crippen LogP contribution in [0.3, 0.4) is 0 Å². The van der Waals surface area contributed by atoms with Gasteiger partial charge in [0.2, 0.25) is 0 Å². The van der Waals surface area contributed by atoms with Gasteiger partial charge in [-0.3, -0.25) is 4.79 Å². The minimum absolute atomic E-state index is 0.104. The van der Waals surface area contributed by atoms with Crippen LogP contribution in [0, 0.1) is 0 Å². The zero-order valence-corrected chi connectivity index (χ0v) is 10.8. The summed E-state index contributed by atoms with van der Waals surface area (Å²) in [5.41, 5.74) is -0.845. The van der Waals surface area contributed by atoms with Gasteiger partial charge in [-0.05, 0) is 24.3 Å². The summed E-state index contributed by atoms with van der Waals surface area (Å²) in [6.45, 7) is 0.236. The smallest absolute Gasteiger partial charge is 0.419 e. The molecule has 0 aliphatic rings. The van der Waals surface area contributed by atoms with Crippen LogP contribution >= 0.6 is 0 Å². The van der Waals surface area contributed by atoms with E-state index in [0.29, 0.717) is 0 Å². The zero-order valence-electron chi connectivity index (χ0n) is 10.8. The van der Waals surface area contributed by atoms with Crippen LogP contribution in [0.15, 0.2) is 41.1 Å². The first-order valence-corrected chi connectivity index (χ1v) is 6.06. The average molecular weight is 299 g/mol. The van der Waals surface area contributed by atoms with E-state index in [0.717, 1.165) is 6.07 Å². The monoisotopic (exact) mass is 299 g/mol. The van der Waals surface area contributed by atoms with Crippen molar-refractivity contribution in [1.29, 1.82) is 0 Å². The van der Waals surface area contributed by atoms with E-state index < -0.39 is 17.6 Å². The number of pyridine rings is 1. The van der Waals surface area contributed by atoms with Crippen molar-refractivity contribution in [1.82, 2.24) is 10.3 Å². The Morgan fingerprint density at radius 3 is 2.71 bits per heavy atom. The number of alkyl halides is 3. The van der Waals surface area contributed by atoms with Crippen molar-refractivity contribution in [3.8, 4) is 0 Å². The number of hydrogen-bond donors (Lipinski definition) is 2. The van der Waals surface area contributed by atoms with E-state index in [4.69, 9.17) is 4.42 Å². The summed E-state index contributed by atoms with van der Waals surface area (Å²) in [7, 11) is 0. The molecule has 2 N–H and O–H groups in total. The van der Waals surface area contributed by atoms with E-state index >= 15 is 0 Å². The van der Waals surface area contributed by atoms with Crippen LogP contribution in [-0.4, -0.2) is 24.0 Å². The second-order valence-electron chi connectivity index (χ2n) is 4.06. The first-order chi connectivity index (χ1) is 9.98. The Hall–Kier alpha value is -2.51. The fourth-order valence-electron chi connectivity index (χ4n) is 1.63. The Kier molecular flexibility index (Phi) is 4.46. The van der Waals surface area contributed by atoms with E-state index in [-0.39, 0.29) is 24.7 Å². The van der Waals surface area contributed by atoms with Gasteiger partial charge in [0.1, 0.15) is 5.82 Å². The lowest BCUT2D eigenvalue weighted by molar-refractivity contribution is -0.137. The standard InChI is InChI=1S/C13H12F3N3O2/c14-13(15,16)9-3-1-5-17-11(9)18-6-7-19-12(20)10-4-2-8-21-10/h1-5,8H,6-7H2,(H,17,18)(H,19,20). The molecule has 0 spiro atoms. The van der Waals surface area contributed by atoms with Crippen molar-refractivity contribution in [2.24, 2.45) is 0 Å². The molecule has 0 radical (unpaired) electrons. The molecule has 2 rings (SSSR count). The van der Waals surface area contributed by atoms with Crippen LogP contribution in [0.25, 0.3) is 0 Å². The molecule has 0 saturated heterocycles. The maximum absolute atomic E-state index is 12.7. The number of hydrogen-bond acceptors (Lipinski definition) is 4. The van der Waals surface area contributed by atoms with Crippen LogP contribution in [0.1, 0.15) is 16.1 Å². The van der Waals surface area contributed by atoms with Crippen molar-refractivity contribution in [2.45, 2.75) is 6.18 Å². The predicted molar refractivity (Wildman–Crippen MR) is 68.8 cm³/mol. The molecule has 2 heterocycles. The highest BCUT2D eigenvalue weighted by Gasteiger charge is 2.33. The Morgan fingerprint density at radius 2 is 2.05 bits per heavy atom. The van der Waals surface area contributed by atoms with Crippen molar-refractivity contribution in [3.63, 3.8) is 0 Å². The molecule has 8 heteroatoms. The molecule has 1 amide bonds. The van der Waals surface area contributed by atoms with Crippen LogP contribution in [0.5, 0.6) is 0 Å². The number of halogens is 3. The van der Waals surface area contributed by atoms with Crippen LogP contribution in [0.2, 0.25) is 0 Å². The fraction of sp³-hybridized carbons (Fsp3) is 0.231. The summed E-state index contributed by atoms with van der Waals surface area (Å²) in [6.07, 6.45) is -1.86. The largest absolute Gasteiger partial charge is 0.459 e. The van der Waals surface area contributed by atoms with Gasteiger partial charge in [0, 0.05) is 19.3 Å². The third-order valence-corrected chi connectivity index (χ3v) is 2.56. The highest BCUT2D eigenvalue weighted by atomic mass is 19.4. The molecule has 5 nitrogen and oxygen atoms in total.